The van der Waals surface area contributed by atoms with Crippen LogP contribution in [-0.4, -0.2) is 45.7 Å². The number of ether oxygens (including phenoxy) is 1. The van der Waals surface area contributed by atoms with Gasteiger partial charge < -0.3 is 19.1 Å². The number of hydrogen-bond acceptors (Lipinski definition) is 5. The first-order valence-electron chi connectivity index (χ1n) is 5.74. The van der Waals surface area contributed by atoms with Crippen molar-refractivity contribution >= 4 is 17.5 Å². The molecule has 0 radical (unpaired) electrons. The molecule has 1 aliphatic heterocycles. The Morgan fingerprint density at radius 2 is 2.47 bits per heavy atom. The van der Waals surface area contributed by atoms with E-state index in [9.17, 15) is 4.79 Å². The molecule has 1 fully saturated rings. The fourth-order valence-corrected chi connectivity index (χ4v) is 2.20. The van der Waals surface area contributed by atoms with Gasteiger partial charge in [-0.25, -0.2) is 0 Å². The van der Waals surface area contributed by atoms with Gasteiger partial charge >= 0.3 is 0 Å². The zero-order valence-electron chi connectivity index (χ0n) is 9.88. The molecule has 0 bridgehead atoms. The largest absolute Gasteiger partial charge is 0.377 e. The highest BCUT2D eigenvalue weighted by molar-refractivity contribution is 6.30. The second-order valence-corrected chi connectivity index (χ2v) is 4.55. The van der Waals surface area contributed by atoms with E-state index in [1.165, 1.54) is 6.39 Å². The first-order chi connectivity index (χ1) is 9.25. The molecule has 1 aliphatic rings. The van der Waals surface area contributed by atoms with Gasteiger partial charge in [0.2, 0.25) is 6.39 Å². The van der Waals surface area contributed by atoms with Gasteiger partial charge in [-0.2, -0.15) is 4.98 Å². The summed E-state index contributed by atoms with van der Waals surface area (Å²) in [7, 11) is 0. The van der Waals surface area contributed by atoms with E-state index in [0.29, 0.717) is 36.3 Å². The first kappa shape index (κ1) is 12.2. The van der Waals surface area contributed by atoms with Gasteiger partial charge in [-0.15, -0.1) is 0 Å². The Labute approximate surface area is 113 Å². The van der Waals surface area contributed by atoms with Gasteiger partial charge in [0.15, 0.2) is 5.82 Å². The summed E-state index contributed by atoms with van der Waals surface area (Å²) in [5.74, 6) is 0.274. The van der Waals surface area contributed by atoms with Crippen LogP contribution in [0.5, 0.6) is 0 Å². The molecule has 3 heterocycles. The van der Waals surface area contributed by atoms with Gasteiger partial charge in [0.1, 0.15) is 11.7 Å². The normalized spacial score (nSPS) is 19.6. The Morgan fingerprint density at radius 1 is 1.58 bits per heavy atom. The zero-order chi connectivity index (χ0) is 13.2. The quantitative estimate of drug-likeness (QED) is 0.896. The number of H-pyrrole nitrogens is 1. The second-order valence-electron chi connectivity index (χ2n) is 4.11. The van der Waals surface area contributed by atoms with Gasteiger partial charge in [0.25, 0.3) is 5.91 Å². The molecule has 1 amide bonds. The number of hydrogen-bond donors (Lipinski definition) is 1. The predicted molar refractivity (Wildman–Crippen MR) is 64.7 cm³/mol. The minimum absolute atomic E-state index is 0.162. The maximum Gasteiger partial charge on any atom is 0.271 e. The van der Waals surface area contributed by atoms with E-state index in [1.807, 2.05) is 0 Å². The van der Waals surface area contributed by atoms with Crippen LogP contribution in [-0.2, 0) is 4.74 Å². The SMILES string of the molecule is O=C(c1cc(Cl)c[nH]1)N1CCOCC1c1ncon1. The molecule has 0 spiro atoms. The number of nitrogens with one attached hydrogen (secondary N) is 1. The Morgan fingerprint density at radius 3 is 3.16 bits per heavy atom. The lowest BCUT2D eigenvalue weighted by Crippen LogP contribution is -2.44. The zero-order valence-corrected chi connectivity index (χ0v) is 10.6. The molecule has 100 valence electrons. The molecule has 1 unspecified atom stereocenters. The van der Waals surface area contributed by atoms with Crippen LogP contribution in [0.15, 0.2) is 23.2 Å². The van der Waals surface area contributed by atoms with Crippen molar-refractivity contribution in [2.24, 2.45) is 0 Å². The molecule has 2 aromatic heterocycles. The number of nitrogens with zero attached hydrogens (tertiary/aromatic N) is 3. The molecule has 1 atom stereocenters. The molecule has 3 rings (SSSR count). The number of carbonyl (C=O) groups is 1. The Bertz CT molecular complexity index is 568. The van der Waals surface area contributed by atoms with Crippen molar-refractivity contribution < 1.29 is 14.1 Å². The molecule has 2 aromatic rings. The number of amides is 1. The average Bonchev–Trinajstić information content (AvgIpc) is 3.09. The first-order valence-corrected chi connectivity index (χ1v) is 6.12. The summed E-state index contributed by atoms with van der Waals surface area (Å²) in [5, 5.41) is 4.27. The van der Waals surface area contributed by atoms with Crippen molar-refractivity contribution in [3.63, 3.8) is 0 Å². The minimum Gasteiger partial charge on any atom is -0.377 e. The fourth-order valence-electron chi connectivity index (χ4n) is 2.03. The third-order valence-electron chi connectivity index (χ3n) is 2.94. The third kappa shape index (κ3) is 2.34. The summed E-state index contributed by atoms with van der Waals surface area (Å²) in [6, 6.07) is 1.24. The smallest absolute Gasteiger partial charge is 0.271 e. The van der Waals surface area contributed by atoms with Crippen LogP contribution in [0.2, 0.25) is 5.02 Å². The molecular formula is C11H11ClN4O3. The molecule has 1 saturated heterocycles. The molecule has 0 aliphatic carbocycles. The summed E-state index contributed by atoms with van der Waals surface area (Å²) in [6.45, 7) is 1.29. The third-order valence-corrected chi connectivity index (χ3v) is 3.16. The van der Waals surface area contributed by atoms with E-state index >= 15 is 0 Å². The van der Waals surface area contributed by atoms with Crippen LogP contribution < -0.4 is 0 Å². The molecule has 0 aromatic carbocycles. The molecule has 19 heavy (non-hydrogen) atoms. The summed E-state index contributed by atoms with van der Waals surface area (Å²) >= 11 is 5.81. The molecule has 1 N–H and O–H groups in total. The van der Waals surface area contributed by atoms with E-state index < -0.39 is 0 Å². The van der Waals surface area contributed by atoms with Crippen molar-refractivity contribution in [1.82, 2.24) is 20.0 Å². The Hall–Kier alpha value is -1.86. The fraction of sp³-hybridized carbons (Fsp3) is 0.364. The highest BCUT2D eigenvalue weighted by Crippen LogP contribution is 2.23. The summed E-state index contributed by atoms with van der Waals surface area (Å²) in [4.78, 5) is 20.9. The van der Waals surface area contributed by atoms with Crippen LogP contribution in [0, 0.1) is 0 Å². The maximum atomic E-state index is 12.4. The van der Waals surface area contributed by atoms with E-state index in [-0.39, 0.29) is 11.9 Å². The minimum atomic E-state index is -0.345. The molecule has 8 heteroatoms. The van der Waals surface area contributed by atoms with Crippen LogP contribution in [0.4, 0.5) is 0 Å². The van der Waals surface area contributed by atoms with Gasteiger partial charge in [0, 0.05) is 12.7 Å². The monoisotopic (exact) mass is 282 g/mol. The van der Waals surface area contributed by atoms with E-state index in [2.05, 4.69) is 15.1 Å². The van der Waals surface area contributed by atoms with E-state index in [1.54, 1.807) is 17.2 Å². The Balaban J connectivity index is 1.86. The Kier molecular flexibility index (Phi) is 3.22. The lowest BCUT2D eigenvalue weighted by molar-refractivity contribution is -0.00603. The lowest BCUT2D eigenvalue weighted by Gasteiger charge is -2.33. The van der Waals surface area contributed by atoms with Crippen molar-refractivity contribution in [1.29, 1.82) is 0 Å². The van der Waals surface area contributed by atoms with Gasteiger partial charge in [-0.1, -0.05) is 16.8 Å². The summed E-state index contributed by atoms with van der Waals surface area (Å²) in [6.07, 6.45) is 2.80. The highest BCUT2D eigenvalue weighted by atomic mass is 35.5. The second kappa shape index (κ2) is 5.02. The van der Waals surface area contributed by atoms with Gasteiger partial charge in [-0.05, 0) is 6.07 Å². The van der Waals surface area contributed by atoms with Crippen molar-refractivity contribution in [2.45, 2.75) is 6.04 Å². The van der Waals surface area contributed by atoms with Crippen LogP contribution in [0.25, 0.3) is 0 Å². The van der Waals surface area contributed by atoms with Gasteiger partial charge in [0.05, 0.1) is 18.2 Å². The standard InChI is InChI=1S/C11H11ClN4O3/c12-7-3-8(13-4-7)11(17)16-1-2-18-5-9(16)10-14-6-19-15-10/h3-4,6,9,13H,1-2,5H2. The van der Waals surface area contributed by atoms with Crippen LogP contribution >= 0.6 is 11.6 Å². The maximum absolute atomic E-state index is 12.4. The summed E-state index contributed by atoms with van der Waals surface area (Å²) < 4.78 is 10.1. The molecular weight excluding hydrogens is 272 g/mol. The lowest BCUT2D eigenvalue weighted by atomic mass is 10.2. The number of morpholine rings is 1. The number of aromatic amines is 1. The number of halogens is 1. The van der Waals surface area contributed by atoms with Crippen molar-refractivity contribution in [3.05, 3.63) is 35.2 Å². The number of carbonyl (C=O) groups excluding carboxylic acids is 1. The highest BCUT2D eigenvalue weighted by Gasteiger charge is 2.32. The van der Waals surface area contributed by atoms with Crippen molar-refractivity contribution in [2.75, 3.05) is 19.8 Å². The van der Waals surface area contributed by atoms with E-state index in [4.69, 9.17) is 20.9 Å². The number of aromatic nitrogens is 3. The topological polar surface area (TPSA) is 84.2 Å². The average molecular weight is 283 g/mol. The van der Waals surface area contributed by atoms with Gasteiger partial charge in [-0.3, -0.25) is 4.79 Å². The summed E-state index contributed by atoms with van der Waals surface area (Å²) in [5.41, 5.74) is 0.431. The van der Waals surface area contributed by atoms with Crippen LogP contribution in [0.1, 0.15) is 22.4 Å². The molecule has 0 saturated carbocycles. The van der Waals surface area contributed by atoms with Crippen molar-refractivity contribution in [3.8, 4) is 0 Å². The molecule has 7 nitrogen and oxygen atoms in total. The number of rotatable bonds is 2. The predicted octanol–water partition coefficient (Wildman–Crippen LogP) is 1.26. The van der Waals surface area contributed by atoms with Crippen LogP contribution in [0.3, 0.4) is 0 Å². The van der Waals surface area contributed by atoms with E-state index in [0.717, 1.165) is 0 Å².